The number of fused-ring (bicyclic) bond motifs is 1. The lowest BCUT2D eigenvalue weighted by Gasteiger charge is -2.26. The highest BCUT2D eigenvalue weighted by Gasteiger charge is 2.32. The van der Waals surface area contributed by atoms with Crippen LogP contribution in [0.3, 0.4) is 0 Å². The number of dihydropyridines is 1. The third-order valence-electron chi connectivity index (χ3n) is 4.64. The van der Waals surface area contributed by atoms with E-state index in [9.17, 15) is 9.59 Å². The first-order valence-corrected chi connectivity index (χ1v) is 8.72. The number of rotatable bonds is 6. The summed E-state index contributed by atoms with van der Waals surface area (Å²) >= 11 is 0. The van der Waals surface area contributed by atoms with Gasteiger partial charge >= 0.3 is 0 Å². The Balaban J connectivity index is 1.68. The van der Waals surface area contributed by atoms with Crippen LogP contribution in [0.25, 0.3) is 0 Å². The molecule has 0 saturated heterocycles. The van der Waals surface area contributed by atoms with E-state index < -0.39 is 0 Å². The minimum Gasteiger partial charge on any atom is -0.500 e. The Morgan fingerprint density at radius 1 is 1.19 bits per heavy atom. The summed E-state index contributed by atoms with van der Waals surface area (Å²) in [5.74, 6) is 0.531. The number of hydrogen-bond acceptors (Lipinski definition) is 4. The number of aliphatic imine (C=N–C) groups is 1. The van der Waals surface area contributed by atoms with Crippen LogP contribution in [0.15, 0.2) is 64.6 Å². The Kier molecular flexibility index (Phi) is 5.54. The van der Waals surface area contributed by atoms with Crippen molar-refractivity contribution < 1.29 is 19.1 Å². The third-order valence-corrected chi connectivity index (χ3v) is 4.64. The van der Waals surface area contributed by atoms with Crippen molar-refractivity contribution >= 4 is 17.5 Å². The fourth-order valence-electron chi connectivity index (χ4n) is 3.17. The van der Waals surface area contributed by atoms with Gasteiger partial charge in [-0.05, 0) is 37.1 Å². The minimum atomic E-state index is -0.313. The normalized spacial score (nSPS) is 18.5. The van der Waals surface area contributed by atoms with Crippen LogP contribution in [0.2, 0.25) is 0 Å². The molecule has 1 unspecified atom stereocenters. The van der Waals surface area contributed by atoms with Gasteiger partial charge in [-0.1, -0.05) is 24.3 Å². The van der Waals surface area contributed by atoms with Crippen molar-refractivity contribution in [1.29, 1.82) is 0 Å². The molecule has 3 rings (SSSR count). The van der Waals surface area contributed by atoms with Crippen LogP contribution >= 0.6 is 0 Å². The number of carbonyl (C=O) groups is 2. The number of aryl methyl sites for hydroxylation is 1. The fraction of sp³-hybridized carbons (Fsp3) is 0.286. The second kappa shape index (κ2) is 8.03. The lowest BCUT2D eigenvalue weighted by Crippen LogP contribution is -2.30. The van der Waals surface area contributed by atoms with E-state index in [4.69, 9.17) is 9.47 Å². The Labute approximate surface area is 158 Å². The van der Waals surface area contributed by atoms with Gasteiger partial charge in [0.15, 0.2) is 0 Å². The van der Waals surface area contributed by atoms with E-state index in [1.807, 2.05) is 37.3 Å². The average molecular weight is 366 g/mol. The van der Waals surface area contributed by atoms with Crippen molar-refractivity contribution in [1.82, 2.24) is 5.32 Å². The number of nitrogens with one attached hydrogen (secondary N) is 1. The van der Waals surface area contributed by atoms with Gasteiger partial charge in [-0.2, -0.15) is 0 Å². The number of benzene rings is 1. The summed E-state index contributed by atoms with van der Waals surface area (Å²) in [5, 5.41) is 2.86. The van der Waals surface area contributed by atoms with Gasteiger partial charge in [-0.3, -0.25) is 9.59 Å². The molecule has 1 atom stereocenters. The minimum absolute atomic E-state index is 0.152. The Morgan fingerprint density at radius 3 is 2.67 bits per heavy atom. The molecule has 0 radical (unpaired) electrons. The van der Waals surface area contributed by atoms with Crippen LogP contribution in [-0.2, 0) is 14.3 Å². The Bertz CT molecular complexity index is 893. The number of nitrogens with zero attached hydrogens (tertiary/aromatic N) is 1. The summed E-state index contributed by atoms with van der Waals surface area (Å²) in [4.78, 5) is 28.9. The zero-order valence-corrected chi connectivity index (χ0v) is 15.6. The second-order valence-electron chi connectivity index (χ2n) is 6.30. The second-order valence-corrected chi connectivity index (χ2v) is 6.30. The predicted molar refractivity (Wildman–Crippen MR) is 102 cm³/mol. The largest absolute Gasteiger partial charge is 0.500 e. The molecule has 1 N–H and O–H groups in total. The molecule has 1 aromatic rings. The highest BCUT2D eigenvalue weighted by molar-refractivity contribution is 6.15. The molecule has 27 heavy (non-hydrogen) atoms. The summed E-state index contributed by atoms with van der Waals surface area (Å²) in [6.07, 6.45) is 5.79. The molecule has 2 aliphatic rings. The number of ether oxygens (including phenoxy) is 2. The molecule has 0 saturated carbocycles. The van der Waals surface area contributed by atoms with Gasteiger partial charge in [-0.25, -0.2) is 4.99 Å². The molecule has 0 spiro atoms. The van der Waals surface area contributed by atoms with Crippen LogP contribution < -0.4 is 5.32 Å². The zero-order valence-electron chi connectivity index (χ0n) is 15.6. The SMILES string of the molecule is COC1=CC=C(OC)C2C=C(CCNC(=O)c3ccccc3C)C(=O)N=C12. The van der Waals surface area contributed by atoms with E-state index in [0.29, 0.717) is 41.3 Å². The lowest BCUT2D eigenvalue weighted by molar-refractivity contribution is -0.114. The zero-order chi connectivity index (χ0) is 19.4. The topological polar surface area (TPSA) is 77.0 Å². The van der Waals surface area contributed by atoms with E-state index in [0.717, 1.165) is 5.56 Å². The highest BCUT2D eigenvalue weighted by atomic mass is 16.5. The van der Waals surface area contributed by atoms with Crippen molar-refractivity contribution in [3.05, 3.63) is 70.7 Å². The molecule has 0 bridgehead atoms. The number of carbonyl (C=O) groups excluding carboxylic acids is 2. The molecule has 1 aromatic carbocycles. The van der Waals surface area contributed by atoms with E-state index in [2.05, 4.69) is 10.3 Å². The van der Waals surface area contributed by atoms with Crippen LogP contribution in [0.5, 0.6) is 0 Å². The average Bonchev–Trinajstić information content (AvgIpc) is 2.67. The van der Waals surface area contributed by atoms with Gasteiger partial charge < -0.3 is 14.8 Å². The first-order chi connectivity index (χ1) is 13.0. The van der Waals surface area contributed by atoms with Crippen LogP contribution in [0.4, 0.5) is 0 Å². The maximum atomic E-state index is 12.4. The lowest BCUT2D eigenvalue weighted by atomic mass is 9.89. The maximum Gasteiger partial charge on any atom is 0.273 e. The van der Waals surface area contributed by atoms with Crippen molar-refractivity contribution in [3.8, 4) is 0 Å². The monoisotopic (exact) mass is 366 g/mol. The van der Waals surface area contributed by atoms with Crippen molar-refractivity contribution in [2.75, 3.05) is 20.8 Å². The molecule has 1 aliphatic carbocycles. The first-order valence-electron chi connectivity index (χ1n) is 8.72. The predicted octanol–water partition coefficient (Wildman–Crippen LogP) is 2.71. The van der Waals surface area contributed by atoms with E-state index in [1.54, 1.807) is 26.4 Å². The van der Waals surface area contributed by atoms with Crippen LogP contribution in [0.1, 0.15) is 22.3 Å². The van der Waals surface area contributed by atoms with Gasteiger partial charge in [0.2, 0.25) is 0 Å². The molecule has 1 aliphatic heterocycles. The molecule has 6 heteroatoms. The Hall–Kier alpha value is -3.15. The number of hydrogen-bond donors (Lipinski definition) is 1. The molecule has 6 nitrogen and oxygen atoms in total. The number of amides is 2. The summed E-state index contributed by atoms with van der Waals surface area (Å²) in [7, 11) is 3.13. The van der Waals surface area contributed by atoms with E-state index in [-0.39, 0.29) is 17.7 Å². The van der Waals surface area contributed by atoms with E-state index in [1.165, 1.54) is 0 Å². The molecule has 0 aromatic heterocycles. The molecule has 0 fully saturated rings. The van der Waals surface area contributed by atoms with Gasteiger partial charge in [0.05, 0.1) is 20.1 Å². The summed E-state index contributed by atoms with van der Waals surface area (Å²) in [5.41, 5.74) is 2.64. The summed E-state index contributed by atoms with van der Waals surface area (Å²) < 4.78 is 10.7. The van der Waals surface area contributed by atoms with Crippen LogP contribution in [0, 0.1) is 12.8 Å². The number of methoxy groups -OCH3 is 2. The molecular formula is C21H22N2O4. The van der Waals surface area contributed by atoms with Crippen LogP contribution in [-0.4, -0.2) is 38.3 Å². The van der Waals surface area contributed by atoms with Gasteiger partial charge in [0, 0.05) is 17.7 Å². The molecule has 140 valence electrons. The number of allylic oxidation sites excluding steroid dienone is 4. The third kappa shape index (κ3) is 3.84. The fourth-order valence-corrected chi connectivity index (χ4v) is 3.17. The molecule has 2 amide bonds. The standard InChI is InChI=1S/C21H22N2O4/c1-13-6-4-5-7-15(13)21(25)22-11-10-14-12-16-17(26-2)8-9-18(27-3)19(16)23-20(14)24/h4-9,12,16H,10-11H2,1-3H3,(H,22,25). The van der Waals surface area contributed by atoms with Gasteiger partial charge in [0.1, 0.15) is 17.2 Å². The summed E-state index contributed by atoms with van der Waals surface area (Å²) in [6.45, 7) is 2.24. The quantitative estimate of drug-likeness (QED) is 0.840. The van der Waals surface area contributed by atoms with Gasteiger partial charge in [0.25, 0.3) is 11.8 Å². The first kappa shape index (κ1) is 18.6. The highest BCUT2D eigenvalue weighted by Crippen LogP contribution is 2.30. The van der Waals surface area contributed by atoms with Crippen molar-refractivity contribution in [3.63, 3.8) is 0 Å². The van der Waals surface area contributed by atoms with Gasteiger partial charge in [-0.15, -0.1) is 0 Å². The summed E-state index contributed by atoms with van der Waals surface area (Å²) in [6, 6.07) is 7.39. The molecule has 1 heterocycles. The van der Waals surface area contributed by atoms with E-state index >= 15 is 0 Å². The van der Waals surface area contributed by atoms with Crippen molar-refractivity contribution in [2.45, 2.75) is 13.3 Å². The smallest absolute Gasteiger partial charge is 0.273 e. The Morgan fingerprint density at radius 2 is 1.96 bits per heavy atom. The maximum absolute atomic E-state index is 12.4. The molecular weight excluding hydrogens is 344 g/mol. The van der Waals surface area contributed by atoms with Crippen molar-refractivity contribution in [2.24, 2.45) is 10.9 Å².